The molecule has 0 saturated carbocycles. The van der Waals surface area contributed by atoms with Crippen LogP contribution in [0.3, 0.4) is 0 Å². The first-order chi connectivity index (χ1) is 16.5. The van der Waals surface area contributed by atoms with Gasteiger partial charge in [0.25, 0.3) is 0 Å². The molecular formula is C27H31N5O2. The number of amides is 1. The molecule has 34 heavy (non-hydrogen) atoms. The van der Waals surface area contributed by atoms with E-state index < -0.39 is 0 Å². The van der Waals surface area contributed by atoms with Crippen molar-refractivity contribution in [3.63, 3.8) is 0 Å². The molecule has 0 unspecified atom stereocenters. The van der Waals surface area contributed by atoms with Gasteiger partial charge in [-0.05, 0) is 48.9 Å². The molecule has 0 aliphatic heterocycles. The average Bonchev–Trinajstić information content (AvgIpc) is 3.48. The first kappa shape index (κ1) is 23.4. The fourth-order valence-electron chi connectivity index (χ4n) is 3.76. The topological polar surface area (TPSA) is 85.8 Å². The highest BCUT2D eigenvalue weighted by atomic mass is 16.5. The fourth-order valence-corrected chi connectivity index (χ4v) is 3.76. The molecule has 0 radical (unpaired) electrons. The SMILES string of the molecule is Cc1nn(-c2ccccc2)cc1CCCNC(=O)CCc1nc(-c2ccc(C(C)C)cc2)no1. The fraction of sp³-hybridized carbons (Fsp3) is 0.333. The summed E-state index contributed by atoms with van der Waals surface area (Å²) in [5, 5.41) is 11.6. The van der Waals surface area contributed by atoms with Crippen LogP contribution in [0.5, 0.6) is 0 Å². The van der Waals surface area contributed by atoms with Gasteiger partial charge in [0.2, 0.25) is 17.6 Å². The molecule has 7 heteroatoms. The van der Waals surface area contributed by atoms with Gasteiger partial charge >= 0.3 is 0 Å². The number of hydrogen-bond acceptors (Lipinski definition) is 5. The van der Waals surface area contributed by atoms with Gasteiger partial charge in [-0.1, -0.05) is 61.5 Å². The van der Waals surface area contributed by atoms with Crippen LogP contribution in [-0.2, 0) is 17.6 Å². The lowest BCUT2D eigenvalue weighted by Gasteiger charge is -2.04. The zero-order chi connectivity index (χ0) is 23.9. The van der Waals surface area contributed by atoms with E-state index in [-0.39, 0.29) is 5.91 Å². The minimum absolute atomic E-state index is 0.0160. The van der Waals surface area contributed by atoms with Crippen molar-refractivity contribution in [3.05, 3.63) is 83.5 Å². The van der Waals surface area contributed by atoms with E-state index in [1.807, 2.05) is 54.1 Å². The standard InChI is InChI=1S/C27H31N5O2/c1-19(2)21-11-13-22(14-12-21)27-29-26(34-31-27)16-15-25(33)28-17-7-8-23-18-32(30-20(23)3)24-9-5-4-6-10-24/h4-6,9-14,18-19H,7-8,15-17H2,1-3H3,(H,28,33). The molecule has 2 heterocycles. The monoisotopic (exact) mass is 457 g/mol. The molecule has 4 aromatic rings. The van der Waals surface area contributed by atoms with E-state index in [4.69, 9.17) is 4.52 Å². The van der Waals surface area contributed by atoms with Crippen LogP contribution in [-0.4, -0.2) is 32.4 Å². The van der Waals surface area contributed by atoms with E-state index in [0.717, 1.165) is 29.8 Å². The summed E-state index contributed by atoms with van der Waals surface area (Å²) in [6.07, 6.45) is 4.52. The number of benzene rings is 2. The highest BCUT2D eigenvalue weighted by Gasteiger charge is 2.12. The van der Waals surface area contributed by atoms with Gasteiger partial charge in [0.15, 0.2) is 0 Å². The predicted molar refractivity (Wildman–Crippen MR) is 132 cm³/mol. The molecule has 2 aromatic carbocycles. The van der Waals surface area contributed by atoms with Crippen LogP contribution in [0.25, 0.3) is 17.1 Å². The highest BCUT2D eigenvalue weighted by molar-refractivity contribution is 5.76. The van der Waals surface area contributed by atoms with Gasteiger partial charge in [-0.25, -0.2) is 4.68 Å². The van der Waals surface area contributed by atoms with Crippen LogP contribution in [0, 0.1) is 6.92 Å². The van der Waals surface area contributed by atoms with Crippen molar-refractivity contribution < 1.29 is 9.32 Å². The summed E-state index contributed by atoms with van der Waals surface area (Å²) in [6, 6.07) is 18.2. The van der Waals surface area contributed by atoms with E-state index >= 15 is 0 Å². The maximum absolute atomic E-state index is 12.2. The number of aryl methyl sites for hydroxylation is 3. The Bertz CT molecular complexity index is 1210. The van der Waals surface area contributed by atoms with Crippen molar-refractivity contribution >= 4 is 5.91 Å². The van der Waals surface area contributed by atoms with Crippen molar-refractivity contribution in [2.45, 2.75) is 52.4 Å². The van der Waals surface area contributed by atoms with Crippen molar-refractivity contribution in [3.8, 4) is 17.1 Å². The van der Waals surface area contributed by atoms with Crippen molar-refractivity contribution in [1.82, 2.24) is 25.2 Å². The van der Waals surface area contributed by atoms with Crippen molar-refractivity contribution in [2.24, 2.45) is 0 Å². The van der Waals surface area contributed by atoms with E-state index in [0.29, 0.717) is 37.0 Å². The third-order valence-electron chi connectivity index (χ3n) is 5.84. The second kappa shape index (κ2) is 10.9. The Kier molecular flexibility index (Phi) is 7.52. The maximum Gasteiger partial charge on any atom is 0.227 e. The number of carbonyl (C=O) groups is 1. The van der Waals surface area contributed by atoms with Crippen LogP contribution < -0.4 is 5.32 Å². The van der Waals surface area contributed by atoms with E-state index in [2.05, 4.69) is 52.7 Å². The molecular weight excluding hydrogens is 426 g/mol. The maximum atomic E-state index is 12.2. The van der Waals surface area contributed by atoms with Gasteiger partial charge in [-0.3, -0.25) is 4.79 Å². The summed E-state index contributed by atoms with van der Waals surface area (Å²) in [5.74, 6) is 1.49. The summed E-state index contributed by atoms with van der Waals surface area (Å²) in [7, 11) is 0. The average molecular weight is 458 g/mol. The number of hydrogen-bond donors (Lipinski definition) is 1. The molecule has 176 valence electrons. The normalized spacial score (nSPS) is 11.2. The van der Waals surface area contributed by atoms with Crippen LogP contribution in [0.2, 0.25) is 0 Å². The third-order valence-corrected chi connectivity index (χ3v) is 5.84. The quantitative estimate of drug-likeness (QED) is 0.337. The predicted octanol–water partition coefficient (Wildman–Crippen LogP) is 5.04. The van der Waals surface area contributed by atoms with Crippen LogP contribution in [0.4, 0.5) is 0 Å². The van der Waals surface area contributed by atoms with Crippen LogP contribution in [0.15, 0.2) is 65.3 Å². The second-order valence-corrected chi connectivity index (χ2v) is 8.76. The molecule has 0 spiro atoms. The van der Waals surface area contributed by atoms with E-state index in [1.54, 1.807) is 0 Å². The summed E-state index contributed by atoms with van der Waals surface area (Å²) < 4.78 is 7.24. The Morgan fingerprint density at radius 3 is 2.56 bits per heavy atom. The van der Waals surface area contributed by atoms with Gasteiger partial charge in [0.05, 0.1) is 11.4 Å². The molecule has 7 nitrogen and oxygen atoms in total. The highest BCUT2D eigenvalue weighted by Crippen LogP contribution is 2.21. The number of aromatic nitrogens is 4. The van der Waals surface area contributed by atoms with Gasteiger partial charge in [0, 0.05) is 31.1 Å². The molecule has 2 aromatic heterocycles. The Hall–Kier alpha value is -3.74. The molecule has 0 fully saturated rings. The third kappa shape index (κ3) is 5.98. The second-order valence-electron chi connectivity index (χ2n) is 8.76. The molecule has 0 bridgehead atoms. The Balaban J connectivity index is 1.19. The van der Waals surface area contributed by atoms with E-state index in [9.17, 15) is 4.79 Å². The first-order valence-electron chi connectivity index (χ1n) is 11.8. The van der Waals surface area contributed by atoms with Gasteiger partial charge in [-0.15, -0.1) is 0 Å². The molecule has 1 N–H and O–H groups in total. The molecule has 0 aliphatic carbocycles. The largest absolute Gasteiger partial charge is 0.356 e. The van der Waals surface area contributed by atoms with Gasteiger partial charge in [-0.2, -0.15) is 10.1 Å². The smallest absolute Gasteiger partial charge is 0.227 e. The summed E-state index contributed by atoms with van der Waals surface area (Å²) in [5.41, 5.74) is 5.43. The minimum atomic E-state index is -0.0160. The summed E-state index contributed by atoms with van der Waals surface area (Å²) >= 11 is 0. The van der Waals surface area contributed by atoms with Crippen molar-refractivity contribution in [2.75, 3.05) is 6.54 Å². The number of nitrogens with zero attached hydrogens (tertiary/aromatic N) is 4. The minimum Gasteiger partial charge on any atom is -0.356 e. The molecule has 0 saturated heterocycles. The van der Waals surface area contributed by atoms with Gasteiger partial charge in [0.1, 0.15) is 0 Å². The molecule has 0 aliphatic rings. The zero-order valence-electron chi connectivity index (χ0n) is 20.0. The number of carbonyl (C=O) groups excluding carboxylic acids is 1. The Morgan fingerprint density at radius 2 is 1.82 bits per heavy atom. The number of nitrogens with one attached hydrogen (secondary N) is 1. The Labute approximate surface area is 200 Å². The molecule has 4 rings (SSSR count). The zero-order valence-corrected chi connectivity index (χ0v) is 20.0. The lowest BCUT2D eigenvalue weighted by Crippen LogP contribution is -2.25. The van der Waals surface area contributed by atoms with E-state index in [1.165, 1.54) is 11.1 Å². The molecule has 0 atom stereocenters. The van der Waals surface area contributed by atoms with Crippen molar-refractivity contribution in [1.29, 1.82) is 0 Å². The lowest BCUT2D eigenvalue weighted by atomic mass is 10.0. The Morgan fingerprint density at radius 1 is 1.06 bits per heavy atom. The summed E-state index contributed by atoms with van der Waals surface area (Å²) in [6.45, 7) is 6.96. The number of rotatable bonds is 10. The van der Waals surface area contributed by atoms with Gasteiger partial charge < -0.3 is 9.84 Å². The summed E-state index contributed by atoms with van der Waals surface area (Å²) in [4.78, 5) is 16.7. The van der Waals surface area contributed by atoms with Crippen LogP contribution in [0.1, 0.15) is 55.3 Å². The number of para-hydroxylation sites is 1. The first-order valence-corrected chi connectivity index (χ1v) is 11.8. The molecule has 1 amide bonds. The lowest BCUT2D eigenvalue weighted by molar-refractivity contribution is -0.121. The van der Waals surface area contributed by atoms with Crippen LogP contribution >= 0.6 is 0 Å².